The minimum absolute atomic E-state index is 0.0946. The van der Waals surface area contributed by atoms with E-state index in [9.17, 15) is 19.2 Å². The van der Waals surface area contributed by atoms with Crippen LogP contribution in [0.2, 0.25) is 0 Å². The molecule has 2 aromatic carbocycles. The van der Waals surface area contributed by atoms with Gasteiger partial charge in [-0.1, -0.05) is 36.4 Å². The topological polar surface area (TPSA) is 117 Å². The Kier molecular flexibility index (Phi) is 11.3. The van der Waals surface area contributed by atoms with Crippen LogP contribution in [0.25, 0.3) is 0 Å². The lowest BCUT2D eigenvalue weighted by Gasteiger charge is -2.24. The maximum absolute atomic E-state index is 13.3. The Labute approximate surface area is 230 Å². The molecular weight excluding hydrogens is 496 g/mol. The van der Waals surface area contributed by atoms with Crippen LogP contribution in [0.1, 0.15) is 55.7 Å². The number of nitrogens with zero attached hydrogens (tertiary/aromatic N) is 1. The number of carbonyl (C=O) groups excluding carboxylic acids is 4. The maximum atomic E-state index is 13.3. The van der Waals surface area contributed by atoms with Gasteiger partial charge < -0.3 is 25.6 Å². The third-order valence-electron chi connectivity index (χ3n) is 6.89. The lowest BCUT2D eigenvalue weighted by Crippen LogP contribution is -2.53. The summed E-state index contributed by atoms with van der Waals surface area (Å²) in [6.45, 7) is 4.67. The molecule has 3 rings (SSSR count). The van der Waals surface area contributed by atoms with Crippen molar-refractivity contribution in [2.75, 3.05) is 20.2 Å². The first-order valence-corrected chi connectivity index (χ1v) is 13.6. The van der Waals surface area contributed by atoms with Crippen LogP contribution >= 0.6 is 0 Å². The monoisotopic (exact) mass is 536 g/mol. The highest BCUT2D eigenvalue weighted by molar-refractivity contribution is 5.92. The average molecular weight is 537 g/mol. The third-order valence-corrected chi connectivity index (χ3v) is 6.89. The first kappa shape index (κ1) is 29.7. The highest BCUT2D eigenvalue weighted by Gasteiger charge is 2.27. The van der Waals surface area contributed by atoms with Crippen molar-refractivity contribution in [3.05, 3.63) is 65.2 Å². The number of ether oxygens (including phenoxy) is 1. The standard InChI is InChI=1S/C30H40N4O5/c1-21-11-13-25-19-24(21)20-31-29(37)26(14-12-23-9-5-4-6-10-23)33-30(38)27(32-22(2)35)15-16-28(36)34(3)17-7-8-18-39-25/h4-6,9-11,13,19,26-27H,7-8,12,14-18,20H2,1-3H3,(H,31,37)(H,32,35)(H,33,38)/t26-,27-/m0/s1. The fraction of sp³-hybridized carbons (Fsp3) is 0.467. The molecule has 4 amide bonds. The Morgan fingerprint density at radius 1 is 1.08 bits per heavy atom. The van der Waals surface area contributed by atoms with E-state index >= 15 is 0 Å². The van der Waals surface area contributed by atoms with Gasteiger partial charge in [-0.05, 0) is 67.9 Å². The zero-order chi connectivity index (χ0) is 28.2. The Morgan fingerprint density at radius 2 is 1.85 bits per heavy atom. The molecular formula is C30H40N4O5. The lowest BCUT2D eigenvalue weighted by molar-refractivity contribution is -0.133. The quantitative estimate of drug-likeness (QED) is 0.556. The summed E-state index contributed by atoms with van der Waals surface area (Å²) in [5.41, 5.74) is 2.99. The molecule has 210 valence electrons. The molecule has 39 heavy (non-hydrogen) atoms. The fourth-order valence-corrected chi connectivity index (χ4v) is 4.47. The van der Waals surface area contributed by atoms with Crippen molar-refractivity contribution in [1.82, 2.24) is 20.9 Å². The van der Waals surface area contributed by atoms with Crippen LogP contribution in [0.5, 0.6) is 5.75 Å². The maximum Gasteiger partial charge on any atom is 0.243 e. The largest absolute Gasteiger partial charge is 0.494 e. The Hall–Kier alpha value is -3.88. The highest BCUT2D eigenvalue weighted by atomic mass is 16.5. The molecule has 0 spiro atoms. The Balaban J connectivity index is 1.83. The predicted molar refractivity (Wildman–Crippen MR) is 149 cm³/mol. The summed E-state index contributed by atoms with van der Waals surface area (Å²) in [6.07, 6.45) is 2.73. The molecule has 1 aliphatic rings. The SMILES string of the molecule is CC(=O)N[C@H]1CCC(=O)N(C)CCCCOc2ccc(C)c(c2)CNC(=O)[C@H](CCc2ccccc2)NC1=O. The van der Waals surface area contributed by atoms with Crippen LogP contribution in [0, 0.1) is 6.92 Å². The van der Waals surface area contributed by atoms with Gasteiger partial charge in [0.15, 0.2) is 0 Å². The summed E-state index contributed by atoms with van der Waals surface area (Å²) >= 11 is 0. The van der Waals surface area contributed by atoms with E-state index in [0.29, 0.717) is 26.0 Å². The molecule has 0 saturated heterocycles. The van der Waals surface area contributed by atoms with Crippen molar-refractivity contribution in [1.29, 1.82) is 0 Å². The summed E-state index contributed by atoms with van der Waals surface area (Å²) < 4.78 is 5.92. The lowest BCUT2D eigenvalue weighted by atomic mass is 10.0. The molecule has 0 aliphatic carbocycles. The number of rotatable bonds is 4. The molecule has 0 unspecified atom stereocenters. The molecule has 0 aromatic heterocycles. The van der Waals surface area contributed by atoms with Gasteiger partial charge in [0.2, 0.25) is 23.6 Å². The number of fused-ring (bicyclic) bond motifs is 2. The highest BCUT2D eigenvalue weighted by Crippen LogP contribution is 2.18. The number of hydrogen-bond acceptors (Lipinski definition) is 5. The van der Waals surface area contributed by atoms with Gasteiger partial charge in [0.05, 0.1) is 6.61 Å². The molecule has 2 bridgehead atoms. The van der Waals surface area contributed by atoms with Crippen LogP contribution in [0.3, 0.4) is 0 Å². The van der Waals surface area contributed by atoms with Crippen LogP contribution < -0.4 is 20.7 Å². The fourth-order valence-electron chi connectivity index (χ4n) is 4.47. The van der Waals surface area contributed by atoms with Crippen molar-refractivity contribution in [2.45, 2.75) is 71.0 Å². The van der Waals surface area contributed by atoms with Crippen molar-refractivity contribution in [3.8, 4) is 5.75 Å². The molecule has 1 aliphatic heterocycles. The van der Waals surface area contributed by atoms with Crippen molar-refractivity contribution in [3.63, 3.8) is 0 Å². The molecule has 2 aromatic rings. The van der Waals surface area contributed by atoms with Gasteiger partial charge in [-0.3, -0.25) is 19.2 Å². The van der Waals surface area contributed by atoms with Crippen LogP contribution in [-0.2, 0) is 32.1 Å². The number of carbonyl (C=O) groups is 4. The van der Waals surface area contributed by atoms with Gasteiger partial charge in [0.1, 0.15) is 17.8 Å². The zero-order valence-corrected chi connectivity index (χ0v) is 23.1. The summed E-state index contributed by atoms with van der Waals surface area (Å²) in [4.78, 5) is 52.8. The summed E-state index contributed by atoms with van der Waals surface area (Å²) in [5, 5.41) is 8.45. The third kappa shape index (κ3) is 9.74. The molecule has 9 heteroatoms. The second-order valence-electron chi connectivity index (χ2n) is 10.1. The summed E-state index contributed by atoms with van der Waals surface area (Å²) in [5.74, 6) is -0.577. The van der Waals surface area contributed by atoms with Gasteiger partial charge >= 0.3 is 0 Å². The van der Waals surface area contributed by atoms with E-state index < -0.39 is 18.0 Å². The van der Waals surface area contributed by atoms with E-state index in [1.54, 1.807) is 11.9 Å². The second-order valence-corrected chi connectivity index (χ2v) is 10.1. The molecule has 9 nitrogen and oxygen atoms in total. The van der Waals surface area contributed by atoms with Gasteiger partial charge in [0, 0.05) is 33.5 Å². The van der Waals surface area contributed by atoms with Gasteiger partial charge in [-0.25, -0.2) is 0 Å². The Morgan fingerprint density at radius 3 is 2.59 bits per heavy atom. The normalized spacial score (nSPS) is 20.0. The number of aryl methyl sites for hydroxylation is 2. The van der Waals surface area contributed by atoms with Gasteiger partial charge in [0.25, 0.3) is 0 Å². The van der Waals surface area contributed by atoms with E-state index in [-0.39, 0.29) is 37.1 Å². The minimum atomic E-state index is -0.929. The second kappa shape index (κ2) is 14.9. The number of benzene rings is 2. The van der Waals surface area contributed by atoms with Crippen LogP contribution in [0.4, 0.5) is 0 Å². The van der Waals surface area contributed by atoms with Crippen molar-refractivity contribution >= 4 is 23.6 Å². The summed E-state index contributed by atoms with van der Waals surface area (Å²) in [7, 11) is 1.73. The number of amides is 4. The molecule has 0 fully saturated rings. The molecule has 0 radical (unpaired) electrons. The molecule has 2 atom stereocenters. The first-order chi connectivity index (χ1) is 18.7. The smallest absolute Gasteiger partial charge is 0.243 e. The van der Waals surface area contributed by atoms with E-state index in [1.807, 2.05) is 55.5 Å². The predicted octanol–water partition coefficient (Wildman–Crippen LogP) is 2.64. The minimum Gasteiger partial charge on any atom is -0.494 e. The molecule has 0 saturated carbocycles. The van der Waals surface area contributed by atoms with Crippen LogP contribution in [0.15, 0.2) is 48.5 Å². The summed E-state index contributed by atoms with van der Waals surface area (Å²) in [6, 6.07) is 13.8. The molecule has 3 N–H and O–H groups in total. The molecule has 1 heterocycles. The van der Waals surface area contributed by atoms with E-state index in [2.05, 4.69) is 16.0 Å². The number of hydrogen-bond donors (Lipinski definition) is 3. The van der Waals surface area contributed by atoms with Crippen molar-refractivity contribution in [2.24, 2.45) is 0 Å². The zero-order valence-electron chi connectivity index (χ0n) is 23.1. The van der Waals surface area contributed by atoms with E-state index in [4.69, 9.17) is 4.74 Å². The van der Waals surface area contributed by atoms with Crippen LogP contribution in [-0.4, -0.2) is 60.8 Å². The number of nitrogens with one attached hydrogen (secondary N) is 3. The van der Waals surface area contributed by atoms with Gasteiger partial charge in [-0.15, -0.1) is 0 Å². The average Bonchev–Trinajstić information content (AvgIpc) is 2.92. The van der Waals surface area contributed by atoms with E-state index in [1.165, 1.54) is 6.92 Å². The van der Waals surface area contributed by atoms with Gasteiger partial charge in [-0.2, -0.15) is 0 Å². The first-order valence-electron chi connectivity index (χ1n) is 13.6. The Bertz CT molecular complexity index is 1140. The van der Waals surface area contributed by atoms with Crippen molar-refractivity contribution < 1.29 is 23.9 Å². The van der Waals surface area contributed by atoms with E-state index in [0.717, 1.165) is 35.3 Å².